The highest BCUT2D eigenvalue weighted by Gasteiger charge is 2.25. The lowest BCUT2D eigenvalue weighted by Crippen LogP contribution is -2.32. The smallest absolute Gasteiger partial charge is 0.254 e. The van der Waals surface area contributed by atoms with Gasteiger partial charge in [-0.2, -0.15) is 0 Å². The second kappa shape index (κ2) is 5.93. The van der Waals surface area contributed by atoms with Gasteiger partial charge < -0.3 is 15.0 Å². The zero-order valence-corrected chi connectivity index (χ0v) is 13.4. The summed E-state index contributed by atoms with van der Waals surface area (Å²) >= 11 is 5.17. The van der Waals surface area contributed by atoms with Gasteiger partial charge in [-0.3, -0.25) is 4.79 Å². The second-order valence-corrected chi connectivity index (χ2v) is 5.98. The normalized spacial score (nSPS) is 16.5. The van der Waals surface area contributed by atoms with Gasteiger partial charge in [-0.05, 0) is 31.5 Å². The predicted octanol–water partition coefficient (Wildman–Crippen LogP) is 3.61. The van der Waals surface area contributed by atoms with Crippen molar-refractivity contribution in [2.75, 3.05) is 6.61 Å². The molecular weight excluding hydrogens is 296 g/mol. The molecule has 0 radical (unpaired) electrons. The molecule has 1 aromatic heterocycles. The Kier molecular flexibility index (Phi) is 3.98. The summed E-state index contributed by atoms with van der Waals surface area (Å²) in [6.07, 6.45) is 2.47. The summed E-state index contributed by atoms with van der Waals surface area (Å²) in [6.45, 7) is 4.68. The first-order chi connectivity index (χ1) is 10.6. The summed E-state index contributed by atoms with van der Waals surface area (Å²) in [4.78, 5) is 15.4. The van der Waals surface area contributed by atoms with Gasteiger partial charge in [-0.1, -0.05) is 29.9 Å². The van der Waals surface area contributed by atoms with Crippen molar-refractivity contribution in [2.24, 2.45) is 0 Å². The Hall–Kier alpha value is -2.14. The average molecular weight is 314 g/mol. The van der Waals surface area contributed by atoms with Crippen LogP contribution >= 0.6 is 12.2 Å². The van der Waals surface area contributed by atoms with Crippen molar-refractivity contribution in [2.45, 2.75) is 26.3 Å². The molecule has 0 spiro atoms. The van der Waals surface area contributed by atoms with Crippen LogP contribution in [-0.4, -0.2) is 17.5 Å². The minimum atomic E-state index is -0.154. The third-order valence-electron chi connectivity index (χ3n) is 3.84. The van der Waals surface area contributed by atoms with Crippen LogP contribution in [0, 0.1) is 18.5 Å². The van der Waals surface area contributed by atoms with Crippen molar-refractivity contribution in [3.63, 3.8) is 0 Å². The van der Waals surface area contributed by atoms with E-state index >= 15 is 0 Å². The molecule has 1 aliphatic rings. The monoisotopic (exact) mass is 314 g/mol. The molecule has 4 nitrogen and oxygen atoms in total. The molecule has 1 aliphatic heterocycles. The van der Waals surface area contributed by atoms with Crippen LogP contribution < -0.4 is 10.1 Å². The molecule has 2 N–H and O–H groups in total. The molecule has 0 saturated carbocycles. The Bertz CT molecular complexity index is 782. The maximum absolute atomic E-state index is 12.5. The molecule has 114 valence electrons. The first kappa shape index (κ1) is 14.8. The third-order valence-corrected chi connectivity index (χ3v) is 4.18. The zero-order valence-electron chi connectivity index (χ0n) is 12.6. The summed E-state index contributed by atoms with van der Waals surface area (Å²) < 4.78 is 6.22. The number of hydrogen-bond donors (Lipinski definition) is 2. The molecule has 1 amide bonds. The van der Waals surface area contributed by atoms with E-state index in [4.69, 9.17) is 17.0 Å². The van der Waals surface area contributed by atoms with E-state index in [1.54, 1.807) is 18.3 Å². The number of hydrogen-bond acceptors (Lipinski definition) is 3. The number of carbonyl (C=O) groups is 1. The number of H-pyrrole nitrogens is 1. The molecule has 2 heterocycles. The Labute approximate surface area is 134 Å². The highest BCUT2D eigenvalue weighted by Crippen LogP contribution is 2.35. The van der Waals surface area contributed by atoms with Crippen LogP contribution in [-0.2, 0) is 0 Å². The Balaban J connectivity index is 1.91. The van der Waals surface area contributed by atoms with E-state index in [1.807, 2.05) is 13.8 Å². The summed E-state index contributed by atoms with van der Waals surface area (Å²) in [7, 11) is 0. The van der Waals surface area contributed by atoms with E-state index in [0.717, 1.165) is 28.9 Å². The zero-order chi connectivity index (χ0) is 15.7. The molecular formula is C17H18N2O2S. The van der Waals surface area contributed by atoms with Gasteiger partial charge in [-0.25, -0.2) is 0 Å². The summed E-state index contributed by atoms with van der Waals surface area (Å²) in [5, 5.41) is 3.08. The van der Waals surface area contributed by atoms with Crippen molar-refractivity contribution >= 4 is 18.1 Å². The highest BCUT2D eigenvalue weighted by atomic mass is 32.1. The molecule has 0 fully saturated rings. The number of amides is 1. The van der Waals surface area contributed by atoms with Gasteiger partial charge in [0.2, 0.25) is 0 Å². The fourth-order valence-electron chi connectivity index (χ4n) is 2.86. The first-order valence-electron chi connectivity index (χ1n) is 7.29. The van der Waals surface area contributed by atoms with Gasteiger partial charge in [0.15, 0.2) is 0 Å². The van der Waals surface area contributed by atoms with Crippen molar-refractivity contribution in [1.29, 1.82) is 0 Å². The number of aryl methyl sites for hydroxylation is 2. The van der Waals surface area contributed by atoms with Crippen LogP contribution in [0.2, 0.25) is 0 Å². The SMILES string of the molecule is Cc1cc(C)c2c(c1)[C@@H](NC(=O)c1ccc[nH]c1=S)CCO2. The number of aromatic nitrogens is 1. The number of rotatable bonds is 2. The van der Waals surface area contributed by atoms with Crippen molar-refractivity contribution in [3.8, 4) is 5.75 Å². The van der Waals surface area contributed by atoms with Crippen molar-refractivity contribution in [1.82, 2.24) is 10.3 Å². The molecule has 0 aliphatic carbocycles. The maximum Gasteiger partial charge on any atom is 0.254 e. The van der Waals surface area contributed by atoms with Gasteiger partial charge in [0, 0.05) is 18.2 Å². The fraction of sp³-hybridized carbons (Fsp3) is 0.294. The van der Waals surface area contributed by atoms with Crippen LogP contribution in [0.5, 0.6) is 5.75 Å². The molecule has 5 heteroatoms. The van der Waals surface area contributed by atoms with Crippen molar-refractivity contribution in [3.05, 3.63) is 57.4 Å². The van der Waals surface area contributed by atoms with Gasteiger partial charge >= 0.3 is 0 Å². The molecule has 3 rings (SSSR count). The number of fused-ring (bicyclic) bond motifs is 1. The van der Waals surface area contributed by atoms with E-state index in [2.05, 4.69) is 22.4 Å². The standard InChI is InChI=1S/C17H18N2O2S/c1-10-8-11(2)15-13(9-10)14(5-7-21-15)19-16(20)12-4-3-6-18-17(12)22/h3-4,6,8-9,14H,5,7H2,1-2H3,(H,18,22)(H,19,20)/t14-/m0/s1. The number of carbonyl (C=O) groups excluding carboxylic acids is 1. The van der Waals surface area contributed by atoms with Crippen molar-refractivity contribution < 1.29 is 9.53 Å². The van der Waals surface area contributed by atoms with Gasteiger partial charge in [0.1, 0.15) is 10.4 Å². The molecule has 1 atom stereocenters. The third kappa shape index (κ3) is 2.76. The molecule has 1 aromatic carbocycles. The highest BCUT2D eigenvalue weighted by molar-refractivity contribution is 7.71. The van der Waals surface area contributed by atoms with Crippen LogP contribution in [0.3, 0.4) is 0 Å². The number of nitrogens with one attached hydrogen (secondary N) is 2. The van der Waals surface area contributed by atoms with E-state index < -0.39 is 0 Å². The van der Waals surface area contributed by atoms with Crippen LogP contribution in [0.4, 0.5) is 0 Å². The number of aromatic amines is 1. The molecule has 0 unspecified atom stereocenters. The fourth-order valence-corrected chi connectivity index (χ4v) is 3.09. The van der Waals surface area contributed by atoms with E-state index in [1.165, 1.54) is 0 Å². The molecule has 22 heavy (non-hydrogen) atoms. The van der Waals surface area contributed by atoms with Crippen LogP contribution in [0.15, 0.2) is 30.5 Å². The molecule has 0 saturated heterocycles. The lowest BCUT2D eigenvalue weighted by Gasteiger charge is -2.28. The van der Waals surface area contributed by atoms with E-state index in [0.29, 0.717) is 16.8 Å². The van der Waals surface area contributed by atoms with Gasteiger partial charge in [0.05, 0.1) is 18.2 Å². The molecule has 0 bridgehead atoms. The van der Waals surface area contributed by atoms with Gasteiger partial charge in [-0.15, -0.1) is 0 Å². The second-order valence-electron chi connectivity index (χ2n) is 5.58. The van der Waals surface area contributed by atoms with Gasteiger partial charge in [0.25, 0.3) is 5.91 Å². The van der Waals surface area contributed by atoms with Crippen LogP contribution in [0.25, 0.3) is 0 Å². The minimum Gasteiger partial charge on any atom is -0.493 e. The number of pyridine rings is 1. The summed E-state index contributed by atoms with van der Waals surface area (Å²) in [6, 6.07) is 7.63. The summed E-state index contributed by atoms with van der Waals surface area (Å²) in [5.74, 6) is 0.735. The number of ether oxygens (including phenoxy) is 1. The summed E-state index contributed by atoms with van der Waals surface area (Å²) in [5.41, 5.74) is 3.81. The first-order valence-corrected chi connectivity index (χ1v) is 7.69. The molecule has 2 aromatic rings. The average Bonchev–Trinajstić information content (AvgIpc) is 2.48. The quantitative estimate of drug-likeness (QED) is 0.833. The topological polar surface area (TPSA) is 54.1 Å². The Morgan fingerprint density at radius 1 is 1.41 bits per heavy atom. The van der Waals surface area contributed by atoms with E-state index in [9.17, 15) is 4.79 Å². The maximum atomic E-state index is 12.5. The Morgan fingerprint density at radius 2 is 2.23 bits per heavy atom. The lowest BCUT2D eigenvalue weighted by molar-refractivity contribution is 0.0923. The van der Waals surface area contributed by atoms with E-state index in [-0.39, 0.29) is 11.9 Å². The Morgan fingerprint density at radius 3 is 3.00 bits per heavy atom. The minimum absolute atomic E-state index is 0.0514. The predicted molar refractivity (Wildman–Crippen MR) is 87.9 cm³/mol. The largest absolute Gasteiger partial charge is 0.493 e. The van der Waals surface area contributed by atoms with Crippen LogP contribution in [0.1, 0.15) is 39.5 Å². The lowest BCUT2D eigenvalue weighted by atomic mass is 9.95. The number of benzene rings is 1.